The summed E-state index contributed by atoms with van der Waals surface area (Å²) in [5.74, 6) is -0.154. The molecule has 8 heteroatoms. The van der Waals surface area contributed by atoms with Gasteiger partial charge in [0.2, 0.25) is 10.0 Å². The van der Waals surface area contributed by atoms with Gasteiger partial charge in [-0.25, -0.2) is 18.1 Å². The van der Waals surface area contributed by atoms with E-state index in [1.807, 2.05) is 6.92 Å². The van der Waals surface area contributed by atoms with Crippen molar-refractivity contribution < 1.29 is 8.42 Å². The third kappa shape index (κ3) is 4.31. The minimum atomic E-state index is -3.47. The van der Waals surface area contributed by atoms with Gasteiger partial charge in [0.15, 0.2) is 0 Å². The first kappa shape index (κ1) is 16.0. The Balaban J connectivity index is 2.11. The number of thiocarbonyl (C=S) groups is 1. The topological polar surface area (TPSA) is 85.1 Å². The second kappa shape index (κ2) is 6.61. The average Bonchev–Trinajstić information content (AvgIpc) is 2.82. The molecule has 2 aromatic rings. The summed E-state index contributed by atoms with van der Waals surface area (Å²) in [6.07, 6.45) is 0. The van der Waals surface area contributed by atoms with E-state index in [0.717, 1.165) is 10.6 Å². The van der Waals surface area contributed by atoms with Gasteiger partial charge in [-0.1, -0.05) is 36.5 Å². The average molecular weight is 341 g/mol. The van der Waals surface area contributed by atoms with Crippen LogP contribution >= 0.6 is 23.6 Å². The van der Waals surface area contributed by atoms with E-state index in [2.05, 4.69) is 9.71 Å². The number of thiazole rings is 1. The van der Waals surface area contributed by atoms with E-state index in [9.17, 15) is 8.42 Å². The molecule has 0 radical (unpaired) electrons. The summed E-state index contributed by atoms with van der Waals surface area (Å²) in [6.45, 7) is 2.09. The summed E-state index contributed by atoms with van der Waals surface area (Å²) < 4.78 is 26.9. The molecule has 112 valence electrons. The summed E-state index contributed by atoms with van der Waals surface area (Å²) >= 11 is 6.37. The van der Waals surface area contributed by atoms with Crippen LogP contribution in [-0.4, -0.2) is 18.4 Å². The first-order chi connectivity index (χ1) is 9.89. The van der Waals surface area contributed by atoms with Crippen LogP contribution in [0.15, 0.2) is 29.8 Å². The predicted octanol–water partition coefficient (Wildman–Crippen LogP) is 1.71. The van der Waals surface area contributed by atoms with Crippen molar-refractivity contribution in [2.75, 3.05) is 0 Å². The summed E-state index contributed by atoms with van der Waals surface area (Å²) in [5, 5.41) is 0. The molecule has 0 unspecified atom stereocenters. The highest BCUT2D eigenvalue weighted by atomic mass is 32.2. The molecule has 1 aromatic heterocycles. The van der Waals surface area contributed by atoms with Gasteiger partial charge in [0.1, 0.15) is 4.99 Å². The fraction of sp³-hybridized carbons (Fsp3) is 0.231. The third-order valence-corrected chi connectivity index (χ3v) is 5.36. The highest BCUT2D eigenvalue weighted by Crippen LogP contribution is 2.14. The molecule has 21 heavy (non-hydrogen) atoms. The SMILES string of the molecule is Cc1ncsc1CNS(=O)(=O)Cc1ccccc1C(N)=S. The van der Waals surface area contributed by atoms with Crippen molar-refractivity contribution in [1.82, 2.24) is 9.71 Å². The molecule has 0 atom stereocenters. The summed E-state index contributed by atoms with van der Waals surface area (Å²) in [6, 6.07) is 6.98. The Labute approximate surface area is 133 Å². The molecule has 0 aliphatic heterocycles. The number of hydrogen-bond donors (Lipinski definition) is 2. The van der Waals surface area contributed by atoms with Crippen LogP contribution in [0.1, 0.15) is 21.7 Å². The van der Waals surface area contributed by atoms with Gasteiger partial charge in [-0.05, 0) is 12.5 Å². The van der Waals surface area contributed by atoms with Crippen molar-refractivity contribution in [3.8, 4) is 0 Å². The molecule has 0 bridgehead atoms. The van der Waals surface area contributed by atoms with E-state index < -0.39 is 10.0 Å². The lowest BCUT2D eigenvalue weighted by molar-refractivity contribution is 0.580. The van der Waals surface area contributed by atoms with Crippen molar-refractivity contribution in [2.45, 2.75) is 19.2 Å². The van der Waals surface area contributed by atoms with E-state index >= 15 is 0 Å². The van der Waals surface area contributed by atoms with Gasteiger partial charge in [0, 0.05) is 17.0 Å². The highest BCUT2D eigenvalue weighted by Gasteiger charge is 2.15. The van der Waals surface area contributed by atoms with E-state index in [0.29, 0.717) is 11.1 Å². The largest absolute Gasteiger partial charge is 0.389 e. The zero-order valence-corrected chi connectivity index (χ0v) is 13.8. The molecule has 0 amide bonds. The van der Waals surface area contributed by atoms with Gasteiger partial charge < -0.3 is 5.73 Å². The molecular formula is C13H15N3O2S3. The number of nitrogens with zero attached hydrogens (tertiary/aromatic N) is 1. The number of aryl methyl sites for hydroxylation is 1. The standard InChI is InChI=1S/C13H15N3O2S3/c1-9-12(20-8-15-9)6-16-21(17,18)7-10-4-2-3-5-11(10)13(14)19/h2-5,8,16H,6-7H2,1H3,(H2,14,19). The number of rotatable bonds is 6. The van der Waals surface area contributed by atoms with E-state index in [1.165, 1.54) is 11.3 Å². The highest BCUT2D eigenvalue weighted by molar-refractivity contribution is 7.88. The van der Waals surface area contributed by atoms with Crippen molar-refractivity contribution >= 4 is 38.6 Å². The van der Waals surface area contributed by atoms with Crippen LogP contribution in [-0.2, 0) is 22.3 Å². The Bertz CT molecular complexity index is 754. The molecule has 0 saturated heterocycles. The van der Waals surface area contributed by atoms with E-state index in [1.54, 1.807) is 29.8 Å². The van der Waals surface area contributed by atoms with Crippen molar-refractivity contribution in [3.63, 3.8) is 0 Å². The monoisotopic (exact) mass is 341 g/mol. The summed E-state index contributed by atoms with van der Waals surface area (Å²) in [4.78, 5) is 5.19. The molecule has 5 nitrogen and oxygen atoms in total. The minimum Gasteiger partial charge on any atom is -0.389 e. The molecule has 0 aliphatic carbocycles. The maximum atomic E-state index is 12.2. The molecule has 2 rings (SSSR count). The van der Waals surface area contributed by atoms with Crippen LogP contribution < -0.4 is 10.5 Å². The summed E-state index contributed by atoms with van der Waals surface area (Å²) in [7, 11) is -3.47. The Kier molecular flexibility index (Phi) is 5.04. The molecule has 1 aromatic carbocycles. The van der Waals surface area contributed by atoms with Crippen LogP contribution in [0.3, 0.4) is 0 Å². The lowest BCUT2D eigenvalue weighted by Crippen LogP contribution is -2.26. The first-order valence-electron chi connectivity index (χ1n) is 6.13. The summed E-state index contributed by atoms with van der Waals surface area (Å²) in [5.41, 5.74) is 9.33. The van der Waals surface area contributed by atoms with E-state index in [-0.39, 0.29) is 17.3 Å². The maximum absolute atomic E-state index is 12.2. The van der Waals surface area contributed by atoms with Gasteiger partial charge >= 0.3 is 0 Å². The Morgan fingerprint density at radius 1 is 1.43 bits per heavy atom. The quantitative estimate of drug-likeness (QED) is 0.781. The van der Waals surface area contributed by atoms with E-state index in [4.69, 9.17) is 18.0 Å². The number of aromatic nitrogens is 1. The van der Waals surface area contributed by atoms with Crippen molar-refractivity contribution in [1.29, 1.82) is 0 Å². The number of benzene rings is 1. The molecule has 3 N–H and O–H groups in total. The predicted molar refractivity (Wildman–Crippen MR) is 88.6 cm³/mol. The number of nitrogens with two attached hydrogens (primary N) is 1. The third-order valence-electron chi connectivity index (χ3n) is 2.93. The Hall–Kier alpha value is -1.35. The van der Waals surface area contributed by atoms with Gasteiger partial charge in [-0.3, -0.25) is 0 Å². The van der Waals surface area contributed by atoms with Gasteiger partial charge in [0.25, 0.3) is 0 Å². The maximum Gasteiger partial charge on any atom is 0.216 e. The van der Waals surface area contributed by atoms with Gasteiger partial charge in [-0.2, -0.15) is 0 Å². The molecule has 1 heterocycles. The van der Waals surface area contributed by atoms with Crippen LogP contribution in [0.25, 0.3) is 0 Å². The normalized spacial score (nSPS) is 11.5. The molecule has 0 fully saturated rings. The molecular weight excluding hydrogens is 326 g/mol. The van der Waals surface area contributed by atoms with Gasteiger partial charge in [0.05, 0.1) is 17.0 Å². The lowest BCUT2D eigenvalue weighted by atomic mass is 10.1. The smallest absolute Gasteiger partial charge is 0.216 e. The Morgan fingerprint density at radius 3 is 2.76 bits per heavy atom. The second-order valence-corrected chi connectivity index (χ2v) is 7.65. The second-order valence-electron chi connectivity index (χ2n) is 4.46. The van der Waals surface area contributed by atoms with Crippen molar-refractivity contribution in [3.05, 3.63) is 51.5 Å². The van der Waals surface area contributed by atoms with Gasteiger partial charge in [-0.15, -0.1) is 11.3 Å². The lowest BCUT2D eigenvalue weighted by Gasteiger charge is -2.10. The van der Waals surface area contributed by atoms with Crippen LogP contribution in [0, 0.1) is 6.92 Å². The Morgan fingerprint density at radius 2 is 2.14 bits per heavy atom. The molecule has 0 spiro atoms. The zero-order chi connectivity index (χ0) is 15.5. The number of nitrogens with one attached hydrogen (secondary N) is 1. The molecule has 0 aliphatic rings. The van der Waals surface area contributed by atoms with Crippen LogP contribution in [0.4, 0.5) is 0 Å². The first-order valence-corrected chi connectivity index (χ1v) is 9.07. The number of hydrogen-bond acceptors (Lipinski definition) is 5. The van der Waals surface area contributed by atoms with Crippen molar-refractivity contribution in [2.24, 2.45) is 5.73 Å². The van der Waals surface area contributed by atoms with Crippen LogP contribution in [0.5, 0.6) is 0 Å². The number of sulfonamides is 1. The fourth-order valence-corrected chi connectivity index (χ4v) is 3.95. The minimum absolute atomic E-state index is 0.154. The zero-order valence-electron chi connectivity index (χ0n) is 11.4. The molecule has 0 saturated carbocycles. The van der Waals surface area contributed by atoms with Crippen LogP contribution in [0.2, 0.25) is 0 Å². The fourth-order valence-electron chi connectivity index (χ4n) is 1.81.